The third-order valence-electron chi connectivity index (χ3n) is 4.09. The molecular formula is C21H25ClN2O2. The monoisotopic (exact) mass is 372 g/mol. The molecule has 0 aromatic heterocycles. The Labute approximate surface area is 160 Å². The summed E-state index contributed by atoms with van der Waals surface area (Å²) in [6, 6.07) is 15.0. The summed E-state index contributed by atoms with van der Waals surface area (Å²) < 4.78 is 0. The van der Waals surface area contributed by atoms with Gasteiger partial charge < -0.3 is 10.2 Å². The maximum Gasteiger partial charge on any atom is 0.240 e. The van der Waals surface area contributed by atoms with E-state index in [0.717, 1.165) is 16.8 Å². The summed E-state index contributed by atoms with van der Waals surface area (Å²) in [5, 5.41) is 3.51. The van der Waals surface area contributed by atoms with Crippen LogP contribution in [0.1, 0.15) is 38.8 Å². The second-order valence-electron chi connectivity index (χ2n) is 7.28. The van der Waals surface area contributed by atoms with Crippen LogP contribution >= 0.6 is 11.6 Å². The SMILES string of the molecule is CC(=O)N(CC(=O)NCc1ccc(Cl)cc1)c1ccccc1C(C)(C)C. The minimum Gasteiger partial charge on any atom is -0.350 e. The predicted molar refractivity (Wildman–Crippen MR) is 106 cm³/mol. The molecule has 0 fully saturated rings. The van der Waals surface area contributed by atoms with Crippen molar-refractivity contribution in [1.29, 1.82) is 0 Å². The molecule has 0 spiro atoms. The average Bonchev–Trinajstić information content (AvgIpc) is 2.58. The van der Waals surface area contributed by atoms with Crippen LogP contribution in [0.5, 0.6) is 0 Å². The number of hydrogen-bond acceptors (Lipinski definition) is 2. The molecule has 0 heterocycles. The quantitative estimate of drug-likeness (QED) is 0.850. The standard InChI is InChI=1S/C21H25ClN2O2/c1-15(25)24(19-8-6-5-7-18(19)21(2,3)4)14-20(26)23-13-16-9-11-17(22)12-10-16/h5-12H,13-14H2,1-4H3,(H,23,26). The maximum atomic E-state index is 12.4. The van der Waals surface area contributed by atoms with Crippen LogP contribution in [0.15, 0.2) is 48.5 Å². The van der Waals surface area contributed by atoms with E-state index in [1.54, 1.807) is 12.1 Å². The Morgan fingerprint density at radius 2 is 1.65 bits per heavy atom. The van der Waals surface area contributed by atoms with Gasteiger partial charge in [0.2, 0.25) is 11.8 Å². The minimum atomic E-state index is -0.209. The van der Waals surface area contributed by atoms with Gasteiger partial charge in [-0.15, -0.1) is 0 Å². The van der Waals surface area contributed by atoms with Crippen molar-refractivity contribution in [2.75, 3.05) is 11.4 Å². The number of benzene rings is 2. The molecule has 0 aliphatic rings. The lowest BCUT2D eigenvalue weighted by molar-refractivity contribution is -0.123. The highest BCUT2D eigenvalue weighted by molar-refractivity contribution is 6.30. The number of carbonyl (C=O) groups excluding carboxylic acids is 2. The third-order valence-corrected chi connectivity index (χ3v) is 4.34. The molecule has 0 radical (unpaired) electrons. The summed E-state index contributed by atoms with van der Waals surface area (Å²) in [6.07, 6.45) is 0. The van der Waals surface area contributed by atoms with Crippen LogP contribution in [0.25, 0.3) is 0 Å². The number of halogens is 1. The zero-order valence-corrected chi connectivity index (χ0v) is 16.4. The lowest BCUT2D eigenvalue weighted by atomic mass is 9.85. The van der Waals surface area contributed by atoms with Gasteiger partial charge in [-0.2, -0.15) is 0 Å². The van der Waals surface area contributed by atoms with E-state index in [1.807, 2.05) is 36.4 Å². The van der Waals surface area contributed by atoms with Crippen LogP contribution in [0, 0.1) is 0 Å². The van der Waals surface area contributed by atoms with Crippen molar-refractivity contribution < 1.29 is 9.59 Å². The molecule has 2 aromatic carbocycles. The van der Waals surface area contributed by atoms with Gasteiger partial charge in [-0.05, 0) is 34.7 Å². The molecule has 0 saturated heterocycles. The van der Waals surface area contributed by atoms with Gasteiger partial charge in [0.15, 0.2) is 0 Å². The normalized spacial score (nSPS) is 11.1. The Bertz CT molecular complexity index is 779. The number of nitrogens with zero attached hydrogens (tertiary/aromatic N) is 1. The second kappa shape index (κ2) is 8.37. The highest BCUT2D eigenvalue weighted by Gasteiger charge is 2.24. The van der Waals surface area contributed by atoms with Gasteiger partial charge in [0, 0.05) is 24.2 Å². The fourth-order valence-electron chi connectivity index (χ4n) is 2.71. The van der Waals surface area contributed by atoms with Gasteiger partial charge in [-0.3, -0.25) is 9.59 Å². The molecule has 0 aliphatic heterocycles. The molecule has 2 amide bonds. The van der Waals surface area contributed by atoms with E-state index in [-0.39, 0.29) is 23.8 Å². The maximum absolute atomic E-state index is 12.4. The van der Waals surface area contributed by atoms with Crippen molar-refractivity contribution >= 4 is 29.1 Å². The molecular weight excluding hydrogens is 348 g/mol. The van der Waals surface area contributed by atoms with E-state index in [4.69, 9.17) is 11.6 Å². The van der Waals surface area contributed by atoms with Gasteiger partial charge in [-0.25, -0.2) is 0 Å². The number of nitrogens with one attached hydrogen (secondary N) is 1. The van der Waals surface area contributed by atoms with Gasteiger partial charge in [0.05, 0.1) is 0 Å². The molecule has 0 saturated carbocycles. The molecule has 0 bridgehead atoms. The molecule has 5 heteroatoms. The van der Waals surface area contributed by atoms with E-state index in [9.17, 15) is 9.59 Å². The van der Waals surface area contributed by atoms with Crippen LogP contribution in [0.4, 0.5) is 5.69 Å². The fraction of sp³-hybridized carbons (Fsp3) is 0.333. The molecule has 0 atom stereocenters. The topological polar surface area (TPSA) is 49.4 Å². The molecule has 2 rings (SSSR count). The summed E-state index contributed by atoms with van der Waals surface area (Å²) in [4.78, 5) is 26.1. The summed E-state index contributed by atoms with van der Waals surface area (Å²) in [6.45, 7) is 8.12. The minimum absolute atomic E-state index is 0.0178. The first kappa shape index (κ1) is 20.0. The molecule has 1 N–H and O–H groups in total. The number of anilines is 1. The average molecular weight is 373 g/mol. The Morgan fingerprint density at radius 3 is 2.23 bits per heavy atom. The number of rotatable bonds is 5. The van der Waals surface area contributed by atoms with Crippen molar-refractivity contribution in [3.63, 3.8) is 0 Å². The van der Waals surface area contributed by atoms with E-state index in [2.05, 4.69) is 26.1 Å². The number of hydrogen-bond donors (Lipinski definition) is 1. The number of para-hydroxylation sites is 1. The van der Waals surface area contributed by atoms with Crippen LogP contribution in [0.3, 0.4) is 0 Å². The first-order chi connectivity index (χ1) is 12.2. The lowest BCUT2D eigenvalue weighted by Gasteiger charge is -2.29. The third kappa shape index (κ3) is 5.33. The summed E-state index contributed by atoms with van der Waals surface area (Å²) in [7, 11) is 0. The van der Waals surface area contributed by atoms with Gasteiger partial charge in [-0.1, -0.05) is 62.7 Å². The number of amides is 2. The molecule has 0 unspecified atom stereocenters. The van der Waals surface area contributed by atoms with Gasteiger partial charge >= 0.3 is 0 Å². The molecule has 138 valence electrons. The number of carbonyl (C=O) groups is 2. The smallest absolute Gasteiger partial charge is 0.240 e. The zero-order valence-electron chi connectivity index (χ0n) is 15.7. The molecule has 2 aromatic rings. The first-order valence-corrected chi connectivity index (χ1v) is 8.95. The largest absolute Gasteiger partial charge is 0.350 e. The Morgan fingerprint density at radius 1 is 1.04 bits per heavy atom. The van der Waals surface area contributed by atoms with E-state index in [0.29, 0.717) is 11.6 Å². The molecule has 0 aliphatic carbocycles. The van der Waals surface area contributed by atoms with Crippen LogP contribution in [-0.2, 0) is 21.5 Å². The van der Waals surface area contributed by atoms with E-state index >= 15 is 0 Å². The molecule has 26 heavy (non-hydrogen) atoms. The fourth-order valence-corrected chi connectivity index (χ4v) is 2.84. The van der Waals surface area contributed by atoms with E-state index < -0.39 is 0 Å². The van der Waals surface area contributed by atoms with Crippen LogP contribution < -0.4 is 10.2 Å². The van der Waals surface area contributed by atoms with Crippen molar-refractivity contribution in [3.8, 4) is 0 Å². The van der Waals surface area contributed by atoms with Crippen molar-refractivity contribution in [2.24, 2.45) is 0 Å². The highest BCUT2D eigenvalue weighted by atomic mass is 35.5. The van der Waals surface area contributed by atoms with Gasteiger partial charge in [0.25, 0.3) is 0 Å². The van der Waals surface area contributed by atoms with Crippen molar-refractivity contribution in [1.82, 2.24) is 5.32 Å². The second-order valence-corrected chi connectivity index (χ2v) is 7.71. The Hall–Kier alpha value is -2.33. The summed E-state index contributed by atoms with van der Waals surface area (Å²) in [5.74, 6) is -0.373. The Kier molecular flexibility index (Phi) is 6.43. The summed E-state index contributed by atoms with van der Waals surface area (Å²) in [5.41, 5.74) is 2.62. The lowest BCUT2D eigenvalue weighted by Crippen LogP contribution is -2.40. The van der Waals surface area contributed by atoms with Crippen molar-refractivity contribution in [2.45, 2.75) is 39.7 Å². The van der Waals surface area contributed by atoms with E-state index in [1.165, 1.54) is 11.8 Å². The molecule has 4 nitrogen and oxygen atoms in total. The van der Waals surface area contributed by atoms with Crippen LogP contribution in [-0.4, -0.2) is 18.4 Å². The predicted octanol–water partition coefficient (Wildman–Crippen LogP) is 4.31. The highest BCUT2D eigenvalue weighted by Crippen LogP contribution is 2.31. The first-order valence-electron chi connectivity index (χ1n) is 8.57. The van der Waals surface area contributed by atoms with Crippen molar-refractivity contribution in [3.05, 3.63) is 64.7 Å². The summed E-state index contributed by atoms with van der Waals surface area (Å²) >= 11 is 5.87. The Balaban J connectivity index is 2.12. The zero-order chi connectivity index (χ0) is 19.3. The van der Waals surface area contributed by atoms with Gasteiger partial charge in [0.1, 0.15) is 6.54 Å². The van der Waals surface area contributed by atoms with Crippen LogP contribution in [0.2, 0.25) is 5.02 Å².